The third-order valence-electron chi connectivity index (χ3n) is 6.08. The Hall–Kier alpha value is -1.64. The summed E-state index contributed by atoms with van der Waals surface area (Å²) in [5.74, 6) is 1.38. The summed E-state index contributed by atoms with van der Waals surface area (Å²) in [6.07, 6.45) is 1.89. The summed E-state index contributed by atoms with van der Waals surface area (Å²) < 4.78 is 26.9. The lowest BCUT2D eigenvalue weighted by Crippen LogP contribution is -2.46. The third-order valence-corrected chi connectivity index (χ3v) is 8.00. The van der Waals surface area contributed by atoms with Gasteiger partial charge in [0.25, 0.3) is 0 Å². The number of hydrogen-bond donors (Lipinski definition) is 2. The van der Waals surface area contributed by atoms with Crippen molar-refractivity contribution in [2.75, 3.05) is 32.7 Å². The highest BCUT2D eigenvalue weighted by Crippen LogP contribution is 2.21. The first-order valence-electron chi connectivity index (χ1n) is 11.2. The molecule has 1 aromatic carbocycles. The molecular formula is C22H37N5O2S. The van der Waals surface area contributed by atoms with Crippen molar-refractivity contribution >= 4 is 16.0 Å². The molecule has 1 aromatic rings. The summed E-state index contributed by atoms with van der Waals surface area (Å²) >= 11 is 0. The van der Waals surface area contributed by atoms with E-state index in [1.807, 2.05) is 12.1 Å². The highest BCUT2D eigenvalue weighted by molar-refractivity contribution is 7.89. The predicted octanol–water partition coefficient (Wildman–Crippen LogP) is 2.25. The number of guanidine groups is 1. The van der Waals surface area contributed by atoms with Crippen molar-refractivity contribution in [3.05, 3.63) is 29.8 Å². The van der Waals surface area contributed by atoms with Crippen LogP contribution in [-0.4, -0.2) is 68.4 Å². The highest BCUT2D eigenvalue weighted by Gasteiger charge is 2.31. The van der Waals surface area contributed by atoms with Gasteiger partial charge in [0.05, 0.1) is 11.4 Å². The fourth-order valence-electron chi connectivity index (χ4n) is 4.12. The number of sulfonamides is 1. The minimum atomic E-state index is -3.36. The molecule has 2 N–H and O–H groups in total. The molecule has 30 heavy (non-hydrogen) atoms. The Bertz CT molecular complexity index is 816. The Labute approximate surface area is 182 Å². The predicted molar refractivity (Wildman–Crippen MR) is 122 cm³/mol. The van der Waals surface area contributed by atoms with E-state index in [1.54, 1.807) is 16.4 Å². The first-order chi connectivity index (χ1) is 14.3. The van der Waals surface area contributed by atoms with Crippen molar-refractivity contribution in [2.45, 2.75) is 64.1 Å². The quantitative estimate of drug-likeness (QED) is 0.507. The number of nitrogens with one attached hydrogen (secondary N) is 2. The molecule has 0 aromatic heterocycles. The molecule has 0 amide bonds. The van der Waals surface area contributed by atoms with Crippen LogP contribution in [-0.2, 0) is 16.6 Å². The molecule has 0 bridgehead atoms. The maximum Gasteiger partial charge on any atom is 0.243 e. The van der Waals surface area contributed by atoms with E-state index in [9.17, 15) is 8.42 Å². The van der Waals surface area contributed by atoms with Crippen LogP contribution < -0.4 is 10.6 Å². The SMILES string of the molecule is CCNC(=NCc1ccc(S(=O)(=O)N2CCCC2)cc1)NC1CN(C(C)C)CC1C. The molecule has 2 unspecified atom stereocenters. The molecule has 2 saturated heterocycles. The Morgan fingerprint density at radius 3 is 2.40 bits per heavy atom. The molecule has 0 radical (unpaired) electrons. The van der Waals surface area contributed by atoms with E-state index < -0.39 is 10.0 Å². The lowest BCUT2D eigenvalue weighted by atomic mass is 10.1. The number of likely N-dealkylation sites (tertiary alicyclic amines) is 1. The average molecular weight is 436 g/mol. The Kier molecular flexibility index (Phi) is 7.76. The smallest absolute Gasteiger partial charge is 0.243 e. The fraction of sp³-hybridized carbons (Fsp3) is 0.682. The lowest BCUT2D eigenvalue weighted by Gasteiger charge is -2.22. The first kappa shape index (κ1) is 23.0. The van der Waals surface area contributed by atoms with Crippen LogP contribution in [0.3, 0.4) is 0 Å². The summed E-state index contributed by atoms with van der Waals surface area (Å²) in [4.78, 5) is 7.60. The molecule has 3 rings (SSSR count). The van der Waals surface area contributed by atoms with Gasteiger partial charge < -0.3 is 10.6 Å². The van der Waals surface area contributed by atoms with Crippen LogP contribution in [0.1, 0.15) is 46.1 Å². The van der Waals surface area contributed by atoms with E-state index in [2.05, 4.69) is 43.2 Å². The van der Waals surface area contributed by atoms with Gasteiger partial charge in [0.2, 0.25) is 10.0 Å². The molecule has 168 valence electrons. The maximum atomic E-state index is 12.7. The molecular weight excluding hydrogens is 398 g/mol. The minimum Gasteiger partial charge on any atom is -0.357 e. The maximum absolute atomic E-state index is 12.7. The van der Waals surface area contributed by atoms with Gasteiger partial charge in [0.1, 0.15) is 0 Å². The van der Waals surface area contributed by atoms with E-state index in [-0.39, 0.29) is 0 Å². The molecule has 2 aliphatic rings. The second-order valence-electron chi connectivity index (χ2n) is 8.73. The van der Waals surface area contributed by atoms with Crippen molar-refractivity contribution in [2.24, 2.45) is 10.9 Å². The van der Waals surface area contributed by atoms with Gasteiger partial charge in [0.15, 0.2) is 5.96 Å². The summed E-state index contributed by atoms with van der Waals surface area (Å²) in [5, 5.41) is 6.92. The van der Waals surface area contributed by atoms with Gasteiger partial charge in [-0.15, -0.1) is 0 Å². The van der Waals surface area contributed by atoms with Gasteiger partial charge in [-0.25, -0.2) is 13.4 Å². The lowest BCUT2D eigenvalue weighted by molar-refractivity contribution is 0.265. The number of aliphatic imine (C=N–C) groups is 1. The van der Waals surface area contributed by atoms with Crippen molar-refractivity contribution in [1.29, 1.82) is 0 Å². The van der Waals surface area contributed by atoms with Crippen LogP contribution >= 0.6 is 0 Å². The summed E-state index contributed by atoms with van der Waals surface area (Å²) in [7, 11) is -3.36. The van der Waals surface area contributed by atoms with Crippen molar-refractivity contribution < 1.29 is 8.42 Å². The van der Waals surface area contributed by atoms with E-state index in [0.29, 0.717) is 42.5 Å². The van der Waals surface area contributed by atoms with Crippen molar-refractivity contribution in [3.63, 3.8) is 0 Å². The Morgan fingerprint density at radius 2 is 1.83 bits per heavy atom. The number of rotatable bonds is 7. The zero-order valence-electron chi connectivity index (χ0n) is 18.8. The van der Waals surface area contributed by atoms with Crippen LogP contribution in [0, 0.1) is 5.92 Å². The van der Waals surface area contributed by atoms with Crippen LogP contribution in [0.25, 0.3) is 0 Å². The molecule has 0 spiro atoms. The summed E-state index contributed by atoms with van der Waals surface area (Å²) in [5.41, 5.74) is 0.996. The Morgan fingerprint density at radius 1 is 1.17 bits per heavy atom. The molecule has 0 aliphatic carbocycles. The van der Waals surface area contributed by atoms with E-state index in [0.717, 1.165) is 44.0 Å². The average Bonchev–Trinajstić information content (AvgIpc) is 3.38. The number of hydrogen-bond acceptors (Lipinski definition) is 4. The number of nitrogens with zero attached hydrogens (tertiary/aromatic N) is 3. The third kappa shape index (κ3) is 5.53. The van der Waals surface area contributed by atoms with Crippen LogP contribution in [0.2, 0.25) is 0 Å². The zero-order chi connectivity index (χ0) is 21.7. The molecule has 8 heteroatoms. The Balaban J connectivity index is 1.63. The molecule has 2 aliphatic heterocycles. The van der Waals surface area contributed by atoms with Crippen LogP contribution in [0.4, 0.5) is 0 Å². The van der Waals surface area contributed by atoms with E-state index in [4.69, 9.17) is 4.99 Å². The topological polar surface area (TPSA) is 77.0 Å². The van der Waals surface area contributed by atoms with Crippen molar-refractivity contribution in [1.82, 2.24) is 19.8 Å². The minimum absolute atomic E-state index is 0.371. The highest BCUT2D eigenvalue weighted by atomic mass is 32.2. The monoisotopic (exact) mass is 435 g/mol. The normalized spacial score (nSPS) is 24.0. The second-order valence-corrected chi connectivity index (χ2v) is 10.7. The zero-order valence-corrected chi connectivity index (χ0v) is 19.6. The fourth-order valence-corrected chi connectivity index (χ4v) is 5.64. The second kappa shape index (κ2) is 10.1. The van der Waals surface area contributed by atoms with Gasteiger partial charge >= 0.3 is 0 Å². The number of benzene rings is 1. The van der Waals surface area contributed by atoms with Gasteiger partial charge in [-0.3, -0.25) is 4.90 Å². The first-order valence-corrected chi connectivity index (χ1v) is 12.6. The largest absolute Gasteiger partial charge is 0.357 e. The van der Waals surface area contributed by atoms with Gasteiger partial charge in [-0.05, 0) is 57.2 Å². The molecule has 7 nitrogen and oxygen atoms in total. The standard InChI is InChI=1S/C22H37N5O2S/c1-5-23-22(25-21-16-26(17(2)3)15-18(21)4)24-14-19-8-10-20(11-9-19)30(28,29)27-12-6-7-13-27/h8-11,17-18,21H,5-7,12-16H2,1-4H3,(H2,23,24,25). The molecule has 0 saturated carbocycles. The molecule has 2 heterocycles. The van der Waals surface area contributed by atoms with E-state index >= 15 is 0 Å². The van der Waals surface area contributed by atoms with Crippen molar-refractivity contribution in [3.8, 4) is 0 Å². The summed E-state index contributed by atoms with van der Waals surface area (Å²) in [6, 6.07) is 8.08. The van der Waals surface area contributed by atoms with Gasteiger partial charge in [0, 0.05) is 44.8 Å². The van der Waals surface area contributed by atoms with Gasteiger partial charge in [-0.2, -0.15) is 4.31 Å². The van der Waals surface area contributed by atoms with E-state index in [1.165, 1.54) is 0 Å². The van der Waals surface area contributed by atoms with Gasteiger partial charge in [-0.1, -0.05) is 19.1 Å². The van der Waals surface area contributed by atoms with Crippen LogP contribution in [0.15, 0.2) is 34.2 Å². The molecule has 2 atom stereocenters. The van der Waals surface area contributed by atoms with Crippen LogP contribution in [0.5, 0.6) is 0 Å². The molecule has 2 fully saturated rings. The summed E-state index contributed by atoms with van der Waals surface area (Å²) in [6.45, 7) is 13.5.